The second-order valence-corrected chi connectivity index (χ2v) is 6.72. The largest absolute Gasteiger partial charge is 0.491 e. The predicted molar refractivity (Wildman–Crippen MR) is 105 cm³/mol. The number of para-hydroxylation sites is 2. The Morgan fingerprint density at radius 2 is 1.62 bits per heavy atom. The zero-order chi connectivity index (χ0) is 18.2. The summed E-state index contributed by atoms with van der Waals surface area (Å²) < 4.78 is 5.75. The molecule has 0 spiro atoms. The van der Waals surface area contributed by atoms with Crippen LogP contribution in [0.4, 0.5) is 5.69 Å². The molecule has 0 aliphatic carbocycles. The Labute approximate surface area is 159 Å². The Balaban J connectivity index is 1.34. The molecule has 1 heterocycles. The standard InChI is InChI=1S/C20H24ClN3O2/c21-18-8-4-5-9-19(18)26-15-14-23-10-12-24(13-11-23)16-20(25)22-17-6-2-1-3-7-17/h1-9H,10-16H2,(H,22,25). The number of hydrogen-bond acceptors (Lipinski definition) is 4. The molecule has 1 N–H and O–H groups in total. The number of halogens is 1. The van der Waals surface area contributed by atoms with E-state index in [4.69, 9.17) is 16.3 Å². The summed E-state index contributed by atoms with van der Waals surface area (Å²) >= 11 is 6.09. The van der Waals surface area contributed by atoms with Crippen molar-refractivity contribution in [1.29, 1.82) is 0 Å². The van der Waals surface area contributed by atoms with E-state index in [1.165, 1.54) is 0 Å². The summed E-state index contributed by atoms with van der Waals surface area (Å²) in [5.41, 5.74) is 0.841. The van der Waals surface area contributed by atoms with E-state index in [-0.39, 0.29) is 5.91 Å². The van der Waals surface area contributed by atoms with E-state index < -0.39 is 0 Å². The number of nitrogens with one attached hydrogen (secondary N) is 1. The van der Waals surface area contributed by atoms with Gasteiger partial charge in [0.05, 0.1) is 11.6 Å². The number of nitrogens with zero attached hydrogens (tertiary/aromatic N) is 2. The maximum Gasteiger partial charge on any atom is 0.238 e. The number of rotatable bonds is 7. The minimum Gasteiger partial charge on any atom is -0.491 e. The van der Waals surface area contributed by atoms with Gasteiger partial charge in [-0.25, -0.2) is 0 Å². The smallest absolute Gasteiger partial charge is 0.238 e. The van der Waals surface area contributed by atoms with Crippen LogP contribution in [0.25, 0.3) is 0 Å². The number of amides is 1. The number of piperazine rings is 1. The Kier molecular flexibility index (Phi) is 6.89. The Bertz CT molecular complexity index is 703. The van der Waals surface area contributed by atoms with Crippen LogP contribution in [0.3, 0.4) is 0 Å². The SMILES string of the molecule is O=C(CN1CCN(CCOc2ccccc2Cl)CC1)Nc1ccccc1. The molecule has 3 rings (SSSR count). The molecule has 0 unspecified atom stereocenters. The zero-order valence-electron chi connectivity index (χ0n) is 14.7. The van der Waals surface area contributed by atoms with Crippen molar-refractivity contribution >= 4 is 23.2 Å². The molecule has 1 saturated heterocycles. The fourth-order valence-electron chi connectivity index (χ4n) is 2.94. The number of benzene rings is 2. The third kappa shape index (κ3) is 5.73. The first kappa shape index (κ1) is 18.7. The van der Waals surface area contributed by atoms with Crippen LogP contribution in [0.1, 0.15) is 0 Å². The van der Waals surface area contributed by atoms with Crippen molar-refractivity contribution in [2.24, 2.45) is 0 Å². The Morgan fingerprint density at radius 3 is 2.35 bits per heavy atom. The van der Waals surface area contributed by atoms with Gasteiger partial charge in [0.1, 0.15) is 12.4 Å². The highest BCUT2D eigenvalue weighted by molar-refractivity contribution is 6.32. The summed E-state index contributed by atoms with van der Waals surface area (Å²) in [6.07, 6.45) is 0. The second-order valence-electron chi connectivity index (χ2n) is 6.31. The van der Waals surface area contributed by atoms with Crippen molar-refractivity contribution < 1.29 is 9.53 Å². The molecule has 0 radical (unpaired) electrons. The predicted octanol–water partition coefficient (Wildman–Crippen LogP) is 2.98. The van der Waals surface area contributed by atoms with Gasteiger partial charge in [0, 0.05) is 38.4 Å². The van der Waals surface area contributed by atoms with Gasteiger partial charge in [0.25, 0.3) is 0 Å². The van der Waals surface area contributed by atoms with Gasteiger partial charge in [-0.3, -0.25) is 14.6 Å². The highest BCUT2D eigenvalue weighted by Gasteiger charge is 2.18. The summed E-state index contributed by atoms with van der Waals surface area (Å²) in [7, 11) is 0. The number of anilines is 1. The molecule has 2 aromatic rings. The van der Waals surface area contributed by atoms with Crippen LogP contribution in [0.2, 0.25) is 5.02 Å². The lowest BCUT2D eigenvalue weighted by Crippen LogP contribution is -2.49. The molecular formula is C20H24ClN3O2. The van der Waals surface area contributed by atoms with E-state index in [1.54, 1.807) is 0 Å². The van der Waals surface area contributed by atoms with E-state index in [0.717, 1.165) is 44.2 Å². The Morgan fingerprint density at radius 1 is 0.962 bits per heavy atom. The second kappa shape index (κ2) is 9.57. The molecular weight excluding hydrogens is 350 g/mol. The number of carbonyl (C=O) groups is 1. The van der Waals surface area contributed by atoms with Gasteiger partial charge < -0.3 is 10.1 Å². The molecule has 1 aliphatic heterocycles. The quantitative estimate of drug-likeness (QED) is 0.810. The molecule has 2 aromatic carbocycles. The average molecular weight is 374 g/mol. The highest BCUT2D eigenvalue weighted by atomic mass is 35.5. The van der Waals surface area contributed by atoms with E-state index in [2.05, 4.69) is 15.1 Å². The van der Waals surface area contributed by atoms with Crippen LogP contribution in [-0.2, 0) is 4.79 Å². The average Bonchev–Trinajstić information content (AvgIpc) is 2.65. The van der Waals surface area contributed by atoms with Gasteiger partial charge in [-0.15, -0.1) is 0 Å². The lowest BCUT2D eigenvalue weighted by molar-refractivity contribution is -0.117. The molecule has 0 aromatic heterocycles. The topological polar surface area (TPSA) is 44.8 Å². The maximum atomic E-state index is 12.1. The first-order chi connectivity index (χ1) is 12.7. The van der Waals surface area contributed by atoms with Gasteiger partial charge >= 0.3 is 0 Å². The molecule has 1 amide bonds. The molecule has 1 aliphatic rings. The number of ether oxygens (including phenoxy) is 1. The fourth-order valence-corrected chi connectivity index (χ4v) is 3.13. The molecule has 26 heavy (non-hydrogen) atoms. The molecule has 0 saturated carbocycles. The number of hydrogen-bond donors (Lipinski definition) is 1. The molecule has 1 fully saturated rings. The minimum atomic E-state index is 0.0340. The molecule has 6 heteroatoms. The van der Waals surface area contributed by atoms with Crippen molar-refractivity contribution in [2.75, 3.05) is 51.2 Å². The third-order valence-electron chi connectivity index (χ3n) is 4.39. The normalized spacial score (nSPS) is 15.6. The monoisotopic (exact) mass is 373 g/mol. The third-order valence-corrected chi connectivity index (χ3v) is 4.70. The van der Waals surface area contributed by atoms with E-state index in [1.807, 2.05) is 54.6 Å². The zero-order valence-corrected chi connectivity index (χ0v) is 15.5. The van der Waals surface area contributed by atoms with Crippen molar-refractivity contribution in [3.63, 3.8) is 0 Å². The molecule has 138 valence electrons. The van der Waals surface area contributed by atoms with Gasteiger partial charge in [-0.1, -0.05) is 41.9 Å². The van der Waals surface area contributed by atoms with Gasteiger partial charge in [-0.2, -0.15) is 0 Å². The summed E-state index contributed by atoms with van der Waals surface area (Å²) in [4.78, 5) is 16.7. The summed E-state index contributed by atoms with van der Waals surface area (Å²) in [6.45, 7) is 5.53. The van der Waals surface area contributed by atoms with Crippen molar-refractivity contribution in [1.82, 2.24) is 9.80 Å². The fraction of sp³-hybridized carbons (Fsp3) is 0.350. The summed E-state index contributed by atoms with van der Waals surface area (Å²) in [6, 6.07) is 17.1. The minimum absolute atomic E-state index is 0.0340. The van der Waals surface area contributed by atoms with Crippen LogP contribution in [0.15, 0.2) is 54.6 Å². The molecule has 0 atom stereocenters. The Hall–Kier alpha value is -2.08. The lowest BCUT2D eigenvalue weighted by atomic mass is 10.3. The maximum absolute atomic E-state index is 12.1. The van der Waals surface area contributed by atoms with Crippen molar-refractivity contribution in [2.45, 2.75) is 0 Å². The van der Waals surface area contributed by atoms with Crippen LogP contribution in [0, 0.1) is 0 Å². The van der Waals surface area contributed by atoms with Crippen LogP contribution < -0.4 is 10.1 Å². The summed E-state index contributed by atoms with van der Waals surface area (Å²) in [5.74, 6) is 0.761. The molecule has 0 bridgehead atoms. The van der Waals surface area contributed by atoms with Gasteiger partial charge in [-0.05, 0) is 24.3 Å². The first-order valence-electron chi connectivity index (χ1n) is 8.87. The highest BCUT2D eigenvalue weighted by Crippen LogP contribution is 2.22. The van der Waals surface area contributed by atoms with Gasteiger partial charge in [0.15, 0.2) is 0 Å². The summed E-state index contributed by atoms with van der Waals surface area (Å²) in [5, 5.41) is 3.57. The van der Waals surface area contributed by atoms with Crippen LogP contribution in [0.5, 0.6) is 5.75 Å². The van der Waals surface area contributed by atoms with E-state index in [0.29, 0.717) is 18.2 Å². The van der Waals surface area contributed by atoms with Crippen LogP contribution in [-0.4, -0.2) is 61.6 Å². The van der Waals surface area contributed by atoms with Crippen molar-refractivity contribution in [3.05, 3.63) is 59.6 Å². The van der Waals surface area contributed by atoms with Crippen molar-refractivity contribution in [3.8, 4) is 5.75 Å². The lowest BCUT2D eigenvalue weighted by Gasteiger charge is -2.34. The molecule has 5 nitrogen and oxygen atoms in total. The van der Waals surface area contributed by atoms with Crippen LogP contribution >= 0.6 is 11.6 Å². The number of carbonyl (C=O) groups excluding carboxylic acids is 1. The van der Waals surface area contributed by atoms with E-state index in [9.17, 15) is 4.79 Å². The van der Waals surface area contributed by atoms with Gasteiger partial charge in [0.2, 0.25) is 5.91 Å². The van der Waals surface area contributed by atoms with E-state index >= 15 is 0 Å². The first-order valence-corrected chi connectivity index (χ1v) is 9.25.